The minimum absolute atomic E-state index is 0.0716. The number of likely N-dealkylation sites (tertiary alicyclic amines) is 1. The third-order valence-electron chi connectivity index (χ3n) is 5.99. The smallest absolute Gasteiger partial charge is 0.224 e. The lowest BCUT2D eigenvalue weighted by Gasteiger charge is -2.32. The molecule has 2 heterocycles. The molecule has 1 amide bonds. The maximum absolute atomic E-state index is 13.7. The number of ether oxygens (including phenoxy) is 1. The second kappa shape index (κ2) is 11.2. The van der Waals surface area contributed by atoms with Crippen molar-refractivity contribution in [1.82, 2.24) is 15.2 Å². The number of carbonyl (C=O) groups excluding carboxylic acids is 1. The van der Waals surface area contributed by atoms with E-state index in [9.17, 15) is 18.0 Å². The van der Waals surface area contributed by atoms with Gasteiger partial charge in [0.15, 0.2) is 11.6 Å². The van der Waals surface area contributed by atoms with Gasteiger partial charge < -0.3 is 10.1 Å². The molecular formula is C26H26F3N3O2. The number of benzene rings is 2. The molecule has 5 nitrogen and oxygen atoms in total. The zero-order valence-electron chi connectivity index (χ0n) is 18.6. The van der Waals surface area contributed by atoms with Crippen molar-refractivity contribution in [2.45, 2.75) is 18.9 Å². The summed E-state index contributed by atoms with van der Waals surface area (Å²) in [4.78, 5) is 19.6. The Hall–Kier alpha value is -3.39. The van der Waals surface area contributed by atoms with Crippen LogP contribution in [0.3, 0.4) is 0 Å². The van der Waals surface area contributed by atoms with Crippen LogP contribution in [0.25, 0.3) is 0 Å². The average Bonchev–Trinajstić information content (AvgIpc) is 2.86. The number of nitrogens with one attached hydrogen (secondary N) is 1. The standard InChI is InChI=1S/C26H26F3N3O2/c27-20-6-4-18(5-7-20)25(23-3-1-2-12-30-23)31-26(33)19-10-13-32(14-11-19)15-16-34-24-17-21(28)8-9-22(24)29/h1-9,12,17,19,25H,10-11,13-16H2,(H,31,33). The minimum atomic E-state index is -0.597. The summed E-state index contributed by atoms with van der Waals surface area (Å²) in [6.07, 6.45) is 2.99. The van der Waals surface area contributed by atoms with Crippen LogP contribution in [0.2, 0.25) is 0 Å². The molecule has 1 aliphatic rings. The topological polar surface area (TPSA) is 54.5 Å². The Morgan fingerprint density at radius 2 is 1.76 bits per heavy atom. The van der Waals surface area contributed by atoms with Crippen LogP contribution in [0.15, 0.2) is 66.9 Å². The molecule has 1 aromatic heterocycles. The second-order valence-electron chi connectivity index (χ2n) is 8.29. The molecular weight excluding hydrogens is 443 g/mol. The van der Waals surface area contributed by atoms with Gasteiger partial charge in [0.25, 0.3) is 0 Å². The first-order valence-corrected chi connectivity index (χ1v) is 11.3. The van der Waals surface area contributed by atoms with Crippen LogP contribution >= 0.6 is 0 Å². The van der Waals surface area contributed by atoms with E-state index < -0.39 is 17.7 Å². The number of amides is 1. The second-order valence-corrected chi connectivity index (χ2v) is 8.29. The van der Waals surface area contributed by atoms with E-state index in [1.165, 1.54) is 12.1 Å². The lowest BCUT2D eigenvalue weighted by atomic mass is 9.94. The zero-order chi connectivity index (χ0) is 23.9. The highest BCUT2D eigenvalue weighted by Gasteiger charge is 2.28. The SMILES string of the molecule is O=C(NC(c1ccc(F)cc1)c1ccccn1)C1CCN(CCOc2cc(F)ccc2F)CC1. The molecule has 1 saturated heterocycles. The lowest BCUT2D eigenvalue weighted by molar-refractivity contribution is -0.127. The number of nitrogens with zero attached hydrogens (tertiary/aromatic N) is 2. The summed E-state index contributed by atoms with van der Waals surface area (Å²) >= 11 is 0. The molecule has 34 heavy (non-hydrogen) atoms. The molecule has 1 fully saturated rings. The van der Waals surface area contributed by atoms with Crippen molar-refractivity contribution in [3.63, 3.8) is 0 Å². The Kier molecular flexibility index (Phi) is 7.80. The Labute approximate surface area is 196 Å². The molecule has 0 aliphatic carbocycles. The van der Waals surface area contributed by atoms with Gasteiger partial charge in [-0.25, -0.2) is 13.2 Å². The van der Waals surface area contributed by atoms with E-state index in [0.717, 1.165) is 23.8 Å². The number of halogens is 3. The highest BCUT2D eigenvalue weighted by Crippen LogP contribution is 2.24. The summed E-state index contributed by atoms with van der Waals surface area (Å²) in [6, 6.07) is 14.2. The molecule has 8 heteroatoms. The molecule has 0 bridgehead atoms. The molecule has 178 valence electrons. The fourth-order valence-electron chi connectivity index (χ4n) is 4.08. The Morgan fingerprint density at radius 3 is 2.47 bits per heavy atom. The van der Waals surface area contributed by atoms with E-state index in [1.54, 1.807) is 24.4 Å². The van der Waals surface area contributed by atoms with Crippen LogP contribution in [0.5, 0.6) is 5.75 Å². The van der Waals surface area contributed by atoms with E-state index >= 15 is 0 Å². The third-order valence-corrected chi connectivity index (χ3v) is 5.99. The molecule has 1 unspecified atom stereocenters. The van der Waals surface area contributed by atoms with Crippen LogP contribution in [0.1, 0.15) is 30.1 Å². The van der Waals surface area contributed by atoms with Crippen molar-refractivity contribution in [3.05, 3.63) is 95.6 Å². The van der Waals surface area contributed by atoms with Crippen molar-refractivity contribution < 1.29 is 22.7 Å². The van der Waals surface area contributed by atoms with Crippen LogP contribution in [-0.2, 0) is 4.79 Å². The maximum Gasteiger partial charge on any atom is 0.224 e. The molecule has 0 saturated carbocycles. The van der Waals surface area contributed by atoms with Crippen molar-refractivity contribution >= 4 is 5.91 Å². The van der Waals surface area contributed by atoms with Gasteiger partial charge in [-0.3, -0.25) is 14.7 Å². The fourth-order valence-corrected chi connectivity index (χ4v) is 4.08. The van der Waals surface area contributed by atoms with Gasteiger partial charge in [0.05, 0.1) is 11.7 Å². The Bertz CT molecular complexity index is 1090. The predicted molar refractivity (Wildman–Crippen MR) is 122 cm³/mol. The fraction of sp³-hybridized carbons (Fsp3) is 0.308. The molecule has 0 spiro atoms. The van der Waals surface area contributed by atoms with Gasteiger partial charge in [0.2, 0.25) is 5.91 Å². The van der Waals surface area contributed by atoms with Gasteiger partial charge in [0.1, 0.15) is 18.2 Å². The molecule has 4 rings (SSSR count). The van der Waals surface area contributed by atoms with Crippen LogP contribution in [0.4, 0.5) is 13.2 Å². The summed E-state index contributed by atoms with van der Waals surface area (Å²) < 4.78 is 45.7. The molecule has 1 aliphatic heterocycles. The van der Waals surface area contributed by atoms with Gasteiger partial charge in [-0.05, 0) is 67.9 Å². The first-order chi connectivity index (χ1) is 16.5. The highest BCUT2D eigenvalue weighted by atomic mass is 19.1. The average molecular weight is 470 g/mol. The van der Waals surface area contributed by atoms with Crippen molar-refractivity contribution in [1.29, 1.82) is 0 Å². The van der Waals surface area contributed by atoms with Gasteiger partial charge >= 0.3 is 0 Å². The summed E-state index contributed by atoms with van der Waals surface area (Å²) in [5.74, 6) is -1.82. The van der Waals surface area contributed by atoms with Gasteiger partial charge in [-0.1, -0.05) is 18.2 Å². The monoisotopic (exact) mass is 469 g/mol. The minimum Gasteiger partial charge on any atom is -0.489 e. The van der Waals surface area contributed by atoms with Gasteiger partial charge in [-0.15, -0.1) is 0 Å². The molecule has 3 aromatic rings. The van der Waals surface area contributed by atoms with Crippen LogP contribution < -0.4 is 10.1 Å². The normalized spacial score (nSPS) is 15.6. The van der Waals surface area contributed by atoms with E-state index in [4.69, 9.17) is 4.74 Å². The highest BCUT2D eigenvalue weighted by molar-refractivity contribution is 5.79. The number of aromatic nitrogens is 1. The molecule has 1 N–H and O–H groups in total. The van der Waals surface area contributed by atoms with Crippen LogP contribution in [0, 0.1) is 23.4 Å². The van der Waals surface area contributed by atoms with E-state index in [-0.39, 0.29) is 30.0 Å². The maximum atomic E-state index is 13.7. The van der Waals surface area contributed by atoms with Crippen molar-refractivity contribution in [2.24, 2.45) is 5.92 Å². The summed E-state index contributed by atoms with van der Waals surface area (Å²) in [5.41, 5.74) is 1.44. The van der Waals surface area contributed by atoms with Crippen molar-refractivity contribution in [3.8, 4) is 5.75 Å². The number of piperidine rings is 1. The number of pyridine rings is 1. The Morgan fingerprint density at radius 1 is 1.03 bits per heavy atom. The zero-order valence-corrected chi connectivity index (χ0v) is 18.6. The quantitative estimate of drug-likeness (QED) is 0.528. The van der Waals surface area contributed by atoms with Gasteiger partial charge in [-0.2, -0.15) is 0 Å². The molecule has 2 aromatic carbocycles. The summed E-state index contributed by atoms with van der Waals surface area (Å²) in [5, 5.41) is 3.09. The van der Waals surface area contributed by atoms with E-state index in [1.807, 2.05) is 12.1 Å². The van der Waals surface area contributed by atoms with Crippen LogP contribution in [-0.4, -0.2) is 42.0 Å². The largest absolute Gasteiger partial charge is 0.489 e. The van der Waals surface area contributed by atoms with E-state index in [2.05, 4.69) is 15.2 Å². The number of hydrogen-bond donors (Lipinski definition) is 1. The first-order valence-electron chi connectivity index (χ1n) is 11.3. The number of hydrogen-bond acceptors (Lipinski definition) is 4. The first kappa shape index (κ1) is 23.8. The van der Waals surface area contributed by atoms with E-state index in [0.29, 0.717) is 38.2 Å². The molecule has 1 atom stereocenters. The number of rotatable bonds is 8. The third kappa shape index (κ3) is 6.14. The number of carbonyl (C=O) groups is 1. The summed E-state index contributed by atoms with van der Waals surface area (Å²) in [7, 11) is 0. The van der Waals surface area contributed by atoms with Gasteiger partial charge in [0, 0.05) is 24.7 Å². The Balaban J connectivity index is 1.30. The van der Waals surface area contributed by atoms with Crippen molar-refractivity contribution in [2.75, 3.05) is 26.2 Å². The predicted octanol–water partition coefficient (Wildman–Crippen LogP) is 4.50. The summed E-state index contributed by atoms with van der Waals surface area (Å²) in [6.45, 7) is 2.16. The molecule has 0 radical (unpaired) electrons. The lowest BCUT2D eigenvalue weighted by Crippen LogP contribution is -2.43.